The molecule has 2 rings (SSSR count). The van der Waals surface area contributed by atoms with Gasteiger partial charge in [0.15, 0.2) is 0 Å². The Morgan fingerprint density at radius 1 is 1.75 bits per heavy atom. The molecule has 0 unspecified atom stereocenters. The highest BCUT2D eigenvalue weighted by atomic mass is 79.9. The van der Waals surface area contributed by atoms with Crippen LogP contribution in [0, 0.1) is 10.1 Å². The number of fused-ring (bicyclic) bond motifs is 1. The molecule has 0 aromatic carbocycles. The van der Waals surface area contributed by atoms with E-state index in [4.69, 9.17) is 0 Å². The zero-order chi connectivity index (χ0) is 8.72. The molecule has 0 aliphatic rings. The lowest BCUT2D eigenvalue weighted by molar-refractivity contribution is -0.390. The van der Waals surface area contributed by atoms with Crippen LogP contribution in [0.25, 0.3) is 4.96 Å². The van der Waals surface area contributed by atoms with Crippen LogP contribution in [0.15, 0.2) is 10.1 Å². The molecule has 0 bridgehead atoms. The molecule has 0 amide bonds. The zero-order valence-corrected chi connectivity index (χ0v) is 7.87. The third-order valence-corrected chi connectivity index (χ3v) is 2.59. The van der Waals surface area contributed by atoms with Crippen molar-refractivity contribution in [3.8, 4) is 0 Å². The molecule has 0 aliphatic carbocycles. The summed E-state index contributed by atoms with van der Waals surface area (Å²) >= 11 is 4.35. The molecule has 12 heavy (non-hydrogen) atoms. The molecule has 0 saturated heterocycles. The van der Waals surface area contributed by atoms with Gasteiger partial charge in [0.25, 0.3) is 0 Å². The molecule has 2 heterocycles. The van der Waals surface area contributed by atoms with Crippen molar-refractivity contribution in [2.45, 2.75) is 0 Å². The molecule has 0 spiro atoms. The van der Waals surface area contributed by atoms with Crippen LogP contribution in [0.5, 0.6) is 0 Å². The Hall–Kier alpha value is -1.02. The number of halogens is 1. The van der Waals surface area contributed by atoms with Gasteiger partial charge in [0.1, 0.15) is 6.20 Å². The van der Waals surface area contributed by atoms with Crippen molar-refractivity contribution in [2.75, 3.05) is 0 Å². The van der Waals surface area contributed by atoms with Crippen LogP contribution in [0.2, 0.25) is 0 Å². The molecule has 0 atom stereocenters. The van der Waals surface area contributed by atoms with E-state index in [0.29, 0.717) is 8.88 Å². The highest BCUT2D eigenvalue weighted by molar-refractivity contribution is 9.11. The summed E-state index contributed by atoms with van der Waals surface area (Å²) < 4.78 is 1.77. The normalized spacial score (nSPS) is 10.8. The SMILES string of the molecule is O=[N+]([O-])c1cnc2sc(Br)nn12. The number of nitro groups is 1. The molecule has 0 fully saturated rings. The predicted octanol–water partition coefficient (Wildman–Crippen LogP) is 1.46. The molecule has 6 nitrogen and oxygen atoms in total. The summed E-state index contributed by atoms with van der Waals surface area (Å²) in [6, 6.07) is 0. The number of nitrogens with zero attached hydrogens (tertiary/aromatic N) is 4. The van der Waals surface area contributed by atoms with Gasteiger partial charge in [0.05, 0.1) is 0 Å². The van der Waals surface area contributed by atoms with E-state index in [-0.39, 0.29) is 5.82 Å². The second-order valence-electron chi connectivity index (χ2n) is 1.92. The topological polar surface area (TPSA) is 73.3 Å². The van der Waals surface area contributed by atoms with Crippen LogP contribution >= 0.6 is 27.3 Å². The van der Waals surface area contributed by atoms with E-state index in [1.165, 1.54) is 22.0 Å². The maximum absolute atomic E-state index is 10.4. The lowest BCUT2D eigenvalue weighted by Gasteiger charge is -1.85. The summed E-state index contributed by atoms with van der Waals surface area (Å²) in [6.07, 6.45) is 1.19. The van der Waals surface area contributed by atoms with Crippen molar-refractivity contribution >= 4 is 38.0 Å². The van der Waals surface area contributed by atoms with E-state index in [2.05, 4.69) is 26.0 Å². The Morgan fingerprint density at radius 3 is 3.17 bits per heavy atom. The first kappa shape index (κ1) is 7.62. The average molecular weight is 249 g/mol. The quantitative estimate of drug-likeness (QED) is 0.566. The molecule has 8 heteroatoms. The fourth-order valence-electron chi connectivity index (χ4n) is 0.783. The van der Waals surface area contributed by atoms with E-state index in [1.807, 2.05) is 0 Å². The minimum Gasteiger partial charge on any atom is -0.358 e. The lowest BCUT2D eigenvalue weighted by atomic mass is 10.8. The van der Waals surface area contributed by atoms with E-state index in [1.54, 1.807) is 0 Å². The molecule has 0 saturated carbocycles. The Balaban J connectivity index is 2.76. The molecule has 0 radical (unpaired) electrons. The Labute approximate surface area is 78.1 Å². The summed E-state index contributed by atoms with van der Waals surface area (Å²) in [7, 11) is 0. The standard InChI is InChI=1S/C4HBrN4O2S/c5-3-7-8-2(9(10)11)1-6-4(8)12-3/h1H. The van der Waals surface area contributed by atoms with E-state index in [0.717, 1.165) is 0 Å². The fourth-order valence-corrected chi connectivity index (χ4v) is 1.98. The first-order valence-electron chi connectivity index (χ1n) is 2.83. The van der Waals surface area contributed by atoms with Crippen LogP contribution in [0.3, 0.4) is 0 Å². The first-order valence-corrected chi connectivity index (χ1v) is 4.44. The fraction of sp³-hybridized carbons (Fsp3) is 0. The van der Waals surface area contributed by atoms with Gasteiger partial charge in [-0.2, -0.15) is 4.98 Å². The summed E-state index contributed by atoms with van der Waals surface area (Å²) in [4.78, 5) is 14.2. The minimum atomic E-state index is -0.522. The third-order valence-electron chi connectivity index (χ3n) is 1.23. The van der Waals surface area contributed by atoms with Gasteiger partial charge >= 0.3 is 10.8 Å². The van der Waals surface area contributed by atoms with Gasteiger partial charge in [0.2, 0.25) is 3.92 Å². The molecule has 62 valence electrons. The molecular weight excluding hydrogens is 248 g/mol. The van der Waals surface area contributed by atoms with Crippen molar-refractivity contribution in [2.24, 2.45) is 0 Å². The molecule has 0 aliphatic heterocycles. The largest absolute Gasteiger partial charge is 0.369 e. The number of hydrogen-bond donors (Lipinski definition) is 0. The Kier molecular flexibility index (Phi) is 1.58. The predicted molar refractivity (Wildman–Crippen MR) is 45.2 cm³/mol. The maximum atomic E-state index is 10.4. The third kappa shape index (κ3) is 0.994. The van der Waals surface area contributed by atoms with Crippen molar-refractivity contribution < 1.29 is 4.92 Å². The summed E-state index contributed by atoms with van der Waals surface area (Å²) in [6.45, 7) is 0. The van der Waals surface area contributed by atoms with Crippen molar-refractivity contribution in [1.82, 2.24) is 14.6 Å². The van der Waals surface area contributed by atoms with E-state index in [9.17, 15) is 10.1 Å². The number of hydrogen-bond acceptors (Lipinski definition) is 5. The van der Waals surface area contributed by atoms with Crippen molar-refractivity contribution in [1.29, 1.82) is 0 Å². The van der Waals surface area contributed by atoms with Crippen LogP contribution in [-0.2, 0) is 0 Å². The summed E-state index contributed by atoms with van der Waals surface area (Å²) in [5.41, 5.74) is 0. The molecule has 0 N–H and O–H groups in total. The summed E-state index contributed by atoms with van der Waals surface area (Å²) in [5, 5.41) is 14.2. The maximum Gasteiger partial charge on any atom is 0.369 e. The smallest absolute Gasteiger partial charge is 0.358 e. The Bertz CT molecular complexity index is 449. The number of imidazole rings is 1. The van der Waals surface area contributed by atoms with E-state index >= 15 is 0 Å². The second kappa shape index (κ2) is 2.49. The average Bonchev–Trinajstić information content (AvgIpc) is 2.43. The van der Waals surface area contributed by atoms with Gasteiger partial charge in [0, 0.05) is 0 Å². The Morgan fingerprint density at radius 2 is 2.50 bits per heavy atom. The molecule has 2 aromatic rings. The monoisotopic (exact) mass is 248 g/mol. The van der Waals surface area contributed by atoms with Gasteiger partial charge in [-0.1, -0.05) is 9.61 Å². The van der Waals surface area contributed by atoms with Crippen LogP contribution in [0.1, 0.15) is 0 Å². The van der Waals surface area contributed by atoms with E-state index < -0.39 is 4.92 Å². The van der Waals surface area contributed by atoms with Crippen molar-refractivity contribution in [3.05, 3.63) is 20.2 Å². The van der Waals surface area contributed by atoms with Gasteiger partial charge in [-0.05, 0) is 32.2 Å². The number of rotatable bonds is 1. The first-order chi connectivity index (χ1) is 5.68. The van der Waals surface area contributed by atoms with Crippen molar-refractivity contribution in [3.63, 3.8) is 0 Å². The van der Waals surface area contributed by atoms with Gasteiger partial charge < -0.3 is 10.1 Å². The van der Waals surface area contributed by atoms with Crippen LogP contribution < -0.4 is 0 Å². The zero-order valence-electron chi connectivity index (χ0n) is 5.47. The number of aromatic nitrogens is 3. The molecular formula is C4HBrN4O2S. The van der Waals surface area contributed by atoms with Crippen LogP contribution in [0.4, 0.5) is 5.82 Å². The van der Waals surface area contributed by atoms with Gasteiger partial charge in [-0.15, -0.1) is 0 Å². The minimum absolute atomic E-state index is 0.119. The summed E-state index contributed by atoms with van der Waals surface area (Å²) in [5.74, 6) is -0.119. The van der Waals surface area contributed by atoms with Gasteiger partial charge in [-0.3, -0.25) is 0 Å². The molecule has 2 aromatic heterocycles. The van der Waals surface area contributed by atoms with Crippen LogP contribution in [-0.4, -0.2) is 19.5 Å². The highest BCUT2D eigenvalue weighted by Gasteiger charge is 2.18. The highest BCUT2D eigenvalue weighted by Crippen LogP contribution is 2.22. The van der Waals surface area contributed by atoms with Gasteiger partial charge in [-0.25, -0.2) is 0 Å². The second-order valence-corrected chi connectivity index (χ2v) is 4.15. The lowest BCUT2D eigenvalue weighted by Crippen LogP contribution is -1.93.